The topological polar surface area (TPSA) is 61.5 Å². The van der Waals surface area contributed by atoms with Gasteiger partial charge >= 0.3 is 5.97 Å². The summed E-state index contributed by atoms with van der Waals surface area (Å²) in [5.41, 5.74) is 6.81. The highest BCUT2D eigenvalue weighted by Gasteiger charge is 2.16. The van der Waals surface area contributed by atoms with Crippen LogP contribution in [0.3, 0.4) is 0 Å². The quantitative estimate of drug-likeness (QED) is 0.672. The van der Waals surface area contributed by atoms with Crippen molar-refractivity contribution < 1.29 is 14.3 Å². The average Bonchev–Trinajstić information content (AvgIpc) is 2.53. The second-order valence-corrected chi connectivity index (χ2v) is 4.59. The van der Waals surface area contributed by atoms with E-state index < -0.39 is 12.0 Å². The van der Waals surface area contributed by atoms with Crippen molar-refractivity contribution in [1.82, 2.24) is 0 Å². The molecule has 4 heteroatoms. The second kappa shape index (κ2) is 6.78. The molecule has 21 heavy (non-hydrogen) atoms. The number of ether oxygens (including phenoxy) is 2. The third-order valence-corrected chi connectivity index (χ3v) is 3.23. The highest BCUT2D eigenvalue weighted by atomic mass is 16.5. The molecule has 0 aliphatic rings. The molecule has 1 atom stereocenters. The maximum absolute atomic E-state index is 11.5. The Morgan fingerprint density at radius 2 is 2.00 bits per heavy atom. The smallest absolute Gasteiger partial charge is 0.322 e. The van der Waals surface area contributed by atoms with E-state index in [1.165, 1.54) is 7.11 Å². The molecular formula is C17H17NO3. The van der Waals surface area contributed by atoms with Crippen LogP contribution in [-0.2, 0) is 16.0 Å². The number of esters is 1. The van der Waals surface area contributed by atoms with Crippen LogP contribution in [0, 0.1) is 12.3 Å². The maximum Gasteiger partial charge on any atom is 0.322 e. The van der Waals surface area contributed by atoms with Crippen molar-refractivity contribution in [3.8, 4) is 18.1 Å². The summed E-state index contributed by atoms with van der Waals surface area (Å²) >= 11 is 0. The first kappa shape index (κ1) is 14.9. The molecule has 0 heterocycles. The number of nitrogens with two attached hydrogens (primary N) is 1. The van der Waals surface area contributed by atoms with Crippen LogP contribution in [0.25, 0.3) is 10.8 Å². The number of benzene rings is 2. The van der Waals surface area contributed by atoms with Crippen molar-refractivity contribution >= 4 is 16.7 Å². The third-order valence-electron chi connectivity index (χ3n) is 3.23. The molecule has 0 unspecified atom stereocenters. The van der Waals surface area contributed by atoms with E-state index in [0.717, 1.165) is 22.1 Å². The summed E-state index contributed by atoms with van der Waals surface area (Å²) in [6, 6.07) is 10.8. The summed E-state index contributed by atoms with van der Waals surface area (Å²) in [7, 11) is 1.33. The van der Waals surface area contributed by atoms with Gasteiger partial charge in [0.05, 0.1) is 7.11 Å². The lowest BCUT2D eigenvalue weighted by Gasteiger charge is -2.14. The molecule has 2 aromatic carbocycles. The molecule has 0 amide bonds. The van der Waals surface area contributed by atoms with Crippen molar-refractivity contribution in [1.29, 1.82) is 0 Å². The van der Waals surface area contributed by atoms with E-state index in [4.69, 9.17) is 16.9 Å². The van der Waals surface area contributed by atoms with Crippen molar-refractivity contribution in [3.05, 3.63) is 42.0 Å². The second-order valence-electron chi connectivity index (χ2n) is 4.59. The van der Waals surface area contributed by atoms with E-state index in [0.29, 0.717) is 6.42 Å². The van der Waals surface area contributed by atoms with Gasteiger partial charge in [0, 0.05) is 5.39 Å². The van der Waals surface area contributed by atoms with Gasteiger partial charge in [-0.15, -0.1) is 6.42 Å². The predicted molar refractivity (Wildman–Crippen MR) is 82.0 cm³/mol. The minimum absolute atomic E-state index is 0.213. The zero-order chi connectivity index (χ0) is 15.2. The molecule has 0 spiro atoms. The van der Waals surface area contributed by atoms with Gasteiger partial charge in [0.1, 0.15) is 18.4 Å². The number of carbonyl (C=O) groups excluding carboxylic acids is 1. The Labute approximate surface area is 123 Å². The summed E-state index contributed by atoms with van der Waals surface area (Å²) in [6.07, 6.45) is 5.63. The molecule has 0 radical (unpaired) electrons. The Morgan fingerprint density at radius 3 is 2.67 bits per heavy atom. The normalized spacial score (nSPS) is 11.7. The summed E-state index contributed by atoms with van der Waals surface area (Å²) in [5, 5.41) is 1.94. The molecule has 0 saturated heterocycles. The molecule has 0 aliphatic carbocycles. The van der Waals surface area contributed by atoms with Crippen LogP contribution in [0.5, 0.6) is 5.75 Å². The molecule has 0 aromatic heterocycles. The summed E-state index contributed by atoms with van der Waals surface area (Å²) in [6.45, 7) is 0.213. The van der Waals surface area contributed by atoms with Gasteiger partial charge in [-0.2, -0.15) is 0 Å². The third kappa shape index (κ3) is 3.33. The van der Waals surface area contributed by atoms with Gasteiger partial charge in [-0.1, -0.05) is 36.3 Å². The van der Waals surface area contributed by atoms with Crippen LogP contribution in [-0.4, -0.2) is 25.7 Å². The van der Waals surface area contributed by atoms with Crippen LogP contribution in [0.2, 0.25) is 0 Å². The Bertz CT molecular complexity index is 688. The van der Waals surface area contributed by atoms with Crippen molar-refractivity contribution in [2.75, 3.05) is 13.7 Å². The molecular weight excluding hydrogens is 266 g/mol. The minimum atomic E-state index is -0.684. The lowest BCUT2D eigenvalue weighted by atomic mass is 9.98. The number of hydrogen-bond donors (Lipinski definition) is 1. The SMILES string of the molecule is C#CCOc1ccc(C[C@H](N)C(=O)OC)c2ccccc12. The summed E-state index contributed by atoms with van der Waals surface area (Å²) in [4.78, 5) is 11.5. The molecule has 2 N–H and O–H groups in total. The Morgan fingerprint density at radius 1 is 1.29 bits per heavy atom. The number of fused-ring (bicyclic) bond motifs is 1. The lowest BCUT2D eigenvalue weighted by Crippen LogP contribution is -2.33. The van der Waals surface area contributed by atoms with Crippen molar-refractivity contribution in [2.24, 2.45) is 5.73 Å². The monoisotopic (exact) mass is 283 g/mol. The molecule has 0 saturated carbocycles. The molecule has 2 rings (SSSR count). The number of carbonyl (C=O) groups is 1. The van der Waals surface area contributed by atoms with Crippen LogP contribution >= 0.6 is 0 Å². The first-order valence-corrected chi connectivity index (χ1v) is 6.57. The Balaban J connectivity index is 2.38. The zero-order valence-electron chi connectivity index (χ0n) is 11.8. The fourth-order valence-corrected chi connectivity index (χ4v) is 2.23. The average molecular weight is 283 g/mol. The van der Waals surface area contributed by atoms with Crippen LogP contribution in [0.4, 0.5) is 0 Å². The summed E-state index contributed by atoms with van der Waals surface area (Å²) in [5.74, 6) is 2.74. The van der Waals surface area contributed by atoms with E-state index in [9.17, 15) is 4.79 Å². The lowest BCUT2D eigenvalue weighted by molar-refractivity contribution is -0.142. The van der Waals surface area contributed by atoms with E-state index in [1.807, 2.05) is 36.4 Å². The molecule has 0 fully saturated rings. The van der Waals surface area contributed by atoms with E-state index >= 15 is 0 Å². The predicted octanol–water partition coefficient (Wildman–Crippen LogP) is 1.89. The van der Waals surface area contributed by atoms with Crippen LogP contribution < -0.4 is 10.5 Å². The maximum atomic E-state index is 11.5. The number of hydrogen-bond acceptors (Lipinski definition) is 4. The molecule has 2 aromatic rings. The van der Waals surface area contributed by atoms with Gasteiger partial charge in [-0.25, -0.2) is 0 Å². The molecule has 0 aliphatic heterocycles. The first-order valence-electron chi connectivity index (χ1n) is 6.57. The van der Waals surface area contributed by atoms with E-state index in [2.05, 4.69) is 10.7 Å². The molecule has 4 nitrogen and oxygen atoms in total. The van der Waals surface area contributed by atoms with Gasteiger partial charge < -0.3 is 15.2 Å². The minimum Gasteiger partial charge on any atom is -0.480 e. The van der Waals surface area contributed by atoms with Gasteiger partial charge in [0.2, 0.25) is 0 Å². The number of rotatable bonds is 5. The largest absolute Gasteiger partial charge is 0.480 e. The standard InChI is InChI=1S/C17H17NO3/c1-3-10-21-16-9-8-12(11-15(18)17(19)20-2)13-6-4-5-7-14(13)16/h1,4-9,15H,10-11,18H2,2H3/t15-/m0/s1. The van der Waals surface area contributed by atoms with Crippen LogP contribution in [0.15, 0.2) is 36.4 Å². The number of terminal acetylenes is 1. The first-order chi connectivity index (χ1) is 10.2. The molecule has 0 bridgehead atoms. The van der Waals surface area contributed by atoms with Gasteiger partial charge in [-0.3, -0.25) is 4.79 Å². The van der Waals surface area contributed by atoms with Crippen molar-refractivity contribution in [3.63, 3.8) is 0 Å². The zero-order valence-corrected chi connectivity index (χ0v) is 11.8. The highest BCUT2D eigenvalue weighted by molar-refractivity contribution is 5.91. The van der Waals surface area contributed by atoms with E-state index in [1.54, 1.807) is 0 Å². The van der Waals surface area contributed by atoms with Crippen LogP contribution in [0.1, 0.15) is 5.56 Å². The molecule has 108 valence electrons. The summed E-state index contributed by atoms with van der Waals surface area (Å²) < 4.78 is 10.2. The van der Waals surface area contributed by atoms with Gasteiger partial charge in [0.25, 0.3) is 0 Å². The fourth-order valence-electron chi connectivity index (χ4n) is 2.23. The van der Waals surface area contributed by atoms with Gasteiger partial charge in [-0.05, 0) is 23.4 Å². The Hall–Kier alpha value is -2.51. The Kier molecular flexibility index (Phi) is 4.81. The fraction of sp³-hybridized carbons (Fsp3) is 0.235. The number of methoxy groups -OCH3 is 1. The highest BCUT2D eigenvalue weighted by Crippen LogP contribution is 2.29. The van der Waals surface area contributed by atoms with Crippen molar-refractivity contribution in [2.45, 2.75) is 12.5 Å². The van der Waals surface area contributed by atoms with E-state index in [-0.39, 0.29) is 6.61 Å². The van der Waals surface area contributed by atoms with Gasteiger partial charge in [0.15, 0.2) is 0 Å².